The number of carboxylic acid groups (broad SMARTS) is 1. The Morgan fingerprint density at radius 2 is 2.35 bits per heavy atom. The van der Waals surface area contributed by atoms with Gasteiger partial charge in [-0.3, -0.25) is 9.89 Å². The second-order valence-corrected chi connectivity index (χ2v) is 3.59. The van der Waals surface area contributed by atoms with Crippen LogP contribution >= 0.6 is 0 Å². The van der Waals surface area contributed by atoms with Crippen LogP contribution in [-0.4, -0.2) is 28.4 Å². The Kier molecular flexibility index (Phi) is 3.09. The number of rotatable bonds is 4. The van der Waals surface area contributed by atoms with Crippen molar-refractivity contribution in [1.29, 1.82) is 0 Å². The summed E-state index contributed by atoms with van der Waals surface area (Å²) >= 11 is 0. The van der Waals surface area contributed by atoms with E-state index in [1.54, 1.807) is 37.7 Å². The van der Waals surface area contributed by atoms with Crippen LogP contribution in [0.4, 0.5) is 0 Å². The predicted molar refractivity (Wildman–Crippen MR) is 61.9 cm³/mol. The van der Waals surface area contributed by atoms with Crippen molar-refractivity contribution >= 4 is 5.97 Å². The molecule has 0 atom stereocenters. The number of H-pyrrole nitrogens is 1. The number of aliphatic carboxylic acids is 1. The smallest absolute Gasteiger partial charge is 0.307 e. The van der Waals surface area contributed by atoms with Crippen molar-refractivity contribution < 1.29 is 14.6 Å². The number of aromatic amines is 1. The van der Waals surface area contributed by atoms with Crippen LogP contribution in [0.1, 0.15) is 5.56 Å². The molecular formula is C12H12N2O3. The molecule has 5 heteroatoms. The minimum absolute atomic E-state index is 0.00511. The lowest BCUT2D eigenvalue weighted by molar-refractivity contribution is -0.136. The number of nitrogens with zero attached hydrogens (tertiary/aromatic N) is 1. The van der Waals surface area contributed by atoms with E-state index in [1.165, 1.54) is 0 Å². The third-order valence-electron chi connectivity index (χ3n) is 2.43. The van der Waals surface area contributed by atoms with Crippen LogP contribution in [0.5, 0.6) is 5.75 Å². The molecule has 1 heterocycles. The molecule has 0 saturated carbocycles. The van der Waals surface area contributed by atoms with E-state index in [1.807, 2.05) is 0 Å². The Bertz CT molecular complexity index is 521. The van der Waals surface area contributed by atoms with Gasteiger partial charge < -0.3 is 9.84 Å². The van der Waals surface area contributed by atoms with Crippen molar-refractivity contribution in [2.75, 3.05) is 7.11 Å². The first-order valence-corrected chi connectivity index (χ1v) is 5.08. The van der Waals surface area contributed by atoms with Crippen LogP contribution in [-0.2, 0) is 11.2 Å². The Balaban J connectivity index is 2.43. The summed E-state index contributed by atoms with van der Waals surface area (Å²) in [5.74, 6) is -0.158. The van der Waals surface area contributed by atoms with Crippen LogP contribution < -0.4 is 4.74 Å². The van der Waals surface area contributed by atoms with Gasteiger partial charge in [0.15, 0.2) is 0 Å². The molecule has 2 aromatic rings. The van der Waals surface area contributed by atoms with Gasteiger partial charge in [0.25, 0.3) is 0 Å². The molecule has 0 amide bonds. The molecule has 0 aliphatic heterocycles. The minimum atomic E-state index is -0.853. The van der Waals surface area contributed by atoms with Gasteiger partial charge in [-0.2, -0.15) is 5.10 Å². The zero-order valence-electron chi connectivity index (χ0n) is 9.30. The molecule has 2 rings (SSSR count). The summed E-state index contributed by atoms with van der Waals surface area (Å²) in [6, 6.07) is 5.31. The highest BCUT2D eigenvalue weighted by Gasteiger charge is 2.09. The van der Waals surface area contributed by atoms with E-state index in [2.05, 4.69) is 10.2 Å². The van der Waals surface area contributed by atoms with Crippen LogP contribution in [0.2, 0.25) is 0 Å². The molecule has 1 aromatic heterocycles. The highest BCUT2D eigenvalue weighted by atomic mass is 16.5. The topological polar surface area (TPSA) is 75.2 Å². The molecular weight excluding hydrogens is 220 g/mol. The van der Waals surface area contributed by atoms with Crippen molar-refractivity contribution in [3.05, 3.63) is 36.2 Å². The van der Waals surface area contributed by atoms with Crippen LogP contribution in [0.25, 0.3) is 11.1 Å². The van der Waals surface area contributed by atoms with Crippen LogP contribution in [0.3, 0.4) is 0 Å². The average Bonchev–Trinajstić information content (AvgIpc) is 2.81. The van der Waals surface area contributed by atoms with Gasteiger partial charge in [-0.05, 0) is 17.7 Å². The summed E-state index contributed by atoms with van der Waals surface area (Å²) in [5.41, 5.74) is 2.43. The zero-order chi connectivity index (χ0) is 12.3. The number of carboxylic acids is 1. The number of hydrogen-bond acceptors (Lipinski definition) is 3. The first kappa shape index (κ1) is 11.2. The standard InChI is InChI=1S/C12H12N2O3/c1-17-11-3-2-8(5-12(15)16)4-10(11)9-6-13-14-7-9/h2-4,6-7H,5H2,1H3,(H,13,14)(H,15,16). The van der Waals surface area contributed by atoms with E-state index in [0.717, 1.165) is 16.7 Å². The number of ether oxygens (including phenoxy) is 1. The largest absolute Gasteiger partial charge is 0.496 e. The number of nitrogens with one attached hydrogen (secondary N) is 1. The maximum atomic E-state index is 10.7. The summed E-state index contributed by atoms with van der Waals surface area (Å²) in [4.78, 5) is 10.7. The summed E-state index contributed by atoms with van der Waals surface area (Å²) in [6.45, 7) is 0. The van der Waals surface area contributed by atoms with E-state index in [9.17, 15) is 4.79 Å². The van der Waals surface area contributed by atoms with Crippen molar-refractivity contribution in [2.24, 2.45) is 0 Å². The Morgan fingerprint density at radius 1 is 1.53 bits per heavy atom. The first-order valence-electron chi connectivity index (χ1n) is 5.08. The van der Waals surface area contributed by atoms with Gasteiger partial charge in [0.2, 0.25) is 0 Å². The van der Waals surface area contributed by atoms with Gasteiger partial charge in [0.05, 0.1) is 19.7 Å². The SMILES string of the molecule is COc1ccc(CC(=O)O)cc1-c1cn[nH]c1. The fourth-order valence-corrected chi connectivity index (χ4v) is 1.66. The molecule has 0 aliphatic rings. The second kappa shape index (κ2) is 4.69. The highest BCUT2D eigenvalue weighted by Crippen LogP contribution is 2.30. The molecule has 1 aromatic carbocycles. The van der Waals surface area contributed by atoms with Gasteiger partial charge in [0, 0.05) is 17.3 Å². The van der Waals surface area contributed by atoms with Crippen molar-refractivity contribution in [3.63, 3.8) is 0 Å². The molecule has 0 unspecified atom stereocenters. The lowest BCUT2D eigenvalue weighted by Crippen LogP contribution is -2.00. The summed E-state index contributed by atoms with van der Waals surface area (Å²) in [6.07, 6.45) is 3.40. The normalized spacial score (nSPS) is 10.2. The maximum absolute atomic E-state index is 10.7. The fraction of sp³-hybridized carbons (Fsp3) is 0.167. The summed E-state index contributed by atoms with van der Waals surface area (Å²) < 4.78 is 5.24. The third-order valence-corrected chi connectivity index (χ3v) is 2.43. The number of methoxy groups -OCH3 is 1. The van der Waals surface area contributed by atoms with Gasteiger partial charge in [0.1, 0.15) is 5.75 Å². The number of carbonyl (C=O) groups is 1. The molecule has 88 valence electrons. The van der Waals surface area contributed by atoms with Crippen LogP contribution in [0, 0.1) is 0 Å². The molecule has 0 aliphatic carbocycles. The number of aromatic nitrogens is 2. The van der Waals surface area contributed by atoms with Gasteiger partial charge >= 0.3 is 5.97 Å². The Labute approximate surface area is 98.0 Å². The lowest BCUT2D eigenvalue weighted by Gasteiger charge is -2.08. The van der Waals surface area contributed by atoms with Gasteiger partial charge in [-0.25, -0.2) is 0 Å². The molecule has 0 radical (unpaired) electrons. The van der Waals surface area contributed by atoms with E-state index >= 15 is 0 Å². The third kappa shape index (κ3) is 2.44. The van der Waals surface area contributed by atoms with Gasteiger partial charge in [-0.1, -0.05) is 6.07 Å². The highest BCUT2D eigenvalue weighted by molar-refractivity contribution is 5.74. The van der Waals surface area contributed by atoms with Crippen molar-refractivity contribution in [1.82, 2.24) is 10.2 Å². The van der Waals surface area contributed by atoms with Crippen LogP contribution in [0.15, 0.2) is 30.6 Å². The van der Waals surface area contributed by atoms with E-state index in [0.29, 0.717) is 5.75 Å². The van der Waals surface area contributed by atoms with Gasteiger partial charge in [-0.15, -0.1) is 0 Å². The minimum Gasteiger partial charge on any atom is -0.496 e. The molecule has 5 nitrogen and oxygen atoms in total. The molecule has 0 saturated heterocycles. The quantitative estimate of drug-likeness (QED) is 0.841. The van der Waals surface area contributed by atoms with Crippen molar-refractivity contribution in [2.45, 2.75) is 6.42 Å². The summed E-state index contributed by atoms with van der Waals surface area (Å²) in [7, 11) is 1.58. The number of hydrogen-bond donors (Lipinski definition) is 2. The molecule has 0 spiro atoms. The molecule has 17 heavy (non-hydrogen) atoms. The van der Waals surface area contributed by atoms with Crippen molar-refractivity contribution in [3.8, 4) is 16.9 Å². The van der Waals surface area contributed by atoms with E-state index < -0.39 is 5.97 Å². The Morgan fingerprint density at radius 3 is 2.94 bits per heavy atom. The molecule has 2 N–H and O–H groups in total. The fourth-order valence-electron chi connectivity index (χ4n) is 1.66. The van der Waals surface area contributed by atoms with E-state index in [-0.39, 0.29) is 6.42 Å². The maximum Gasteiger partial charge on any atom is 0.307 e. The zero-order valence-corrected chi connectivity index (χ0v) is 9.30. The lowest BCUT2D eigenvalue weighted by atomic mass is 10.0. The number of benzene rings is 1. The monoisotopic (exact) mass is 232 g/mol. The van der Waals surface area contributed by atoms with E-state index in [4.69, 9.17) is 9.84 Å². The summed E-state index contributed by atoms with van der Waals surface area (Å²) in [5, 5.41) is 15.4. The molecule has 0 bridgehead atoms. The predicted octanol–water partition coefficient (Wildman–Crippen LogP) is 1.71. The Hall–Kier alpha value is -2.30. The second-order valence-electron chi connectivity index (χ2n) is 3.59. The molecule has 0 fully saturated rings. The average molecular weight is 232 g/mol. The first-order chi connectivity index (χ1) is 8.20.